The molecule has 94 valence electrons. The second kappa shape index (κ2) is 6.91. The molecule has 1 unspecified atom stereocenters. The Bertz CT molecular complexity index is 348. The van der Waals surface area contributed by atoms with E-state index in [2.05, 4.69) is 0 Å². The van der Waals surface area contributed by atoms with Gasteiger partial charge in [-0.3, -0.25) is 4.79 Å². The molecule has 0 saturated heterocycles. The molecule has 1 aromatic rings. The van der Waals surface area contributed by atoms with Gasteiger partial charge in [-0.2, -0.15) is 0 Å². The van der Waals surface area contributed by atoms with Crippen molar-refractivity contribution in [1.82, 2.24) is 0 Å². The van der Waals surface area contributed by atoms with E-state index in [0.717, 1.165) is 11.3 Å². The van der Waals surface area contributed by atoms with Crippen LogP contribution in [0, 0.1) is 5.92 Å². The largest absolute Gasteiger partial charge is 0.493 e. The topological polar surface area (TPSA) is 61.5 Å². The Morgan fingerprint density at radius 3 is 2.53 bits per heavy atom. The SMILES string of the molecule is CCOC(=O)C(C)COc1ccc(CN)cc1. The summed E-state index contributed by atoms with van der Waals surface area (Å²) in [6.45, 7) is 4.80. The Balaban J connectivity index is 2.41. The zero-order valence-corrected chi connectivity index (χ0v) is 10.3. The van der Waals surface area contributed by atoms with E-state index in [1.165, 1.54) is 0 Å². The second-order valence-electron chi connectivity index (χ2n) is 3.81. The highest BCUT2D eigenvalue weighted by Gasteiger charge is 2.14. The van der Waals surface area contributed by atoms with E-state index in [-0.39, 0.29) is 11.9 Å². The van der Waals surface area contributed by atoms with Crippen molar-refractivity contribution in [3.05, 3.63) is 29.8 Å². The van der Waals surface area contributed by atoms with E-state index in [9.17, 15) is 4.79 Å². The number of esters is 1. The van der Waals surface area contributed by atoms with Crippen LogP contribution in [0.25, 0.3) is 0 Å². The van der Waals surface area contributed by atoms with Crippen LogP contribution in [0.15, 0.2) is 24.3 Å². The molecule has 1 rings (SSSR count). The summed E-state index contributed by atoms with van der Waals surface area (Å²) in [7, 11) is 0. The molecule has 17 heavy (non-hydrogen) atoms. The van der Waals surface area contributed by atoms with Crippen molar-refractivity contribution in [2.24, 2.45) is 11.7 Å². The molecule has 0 aliphatic heterocycles. The normalized spacial score (nSPS) is 11.9. The van der Waals surface area contributed by atoms with E-state index < -0.39 is 0 Å². The van der Waals surface area contributed by atoms with E-state index >= 15 is 0 Å². The van der Waals surface area contributed by atoms with Crippen LogP contribution in [0.1, 0.15) is 19.4 Å². The standard InChI is InChI=1S/C13H19NO3/c1-3-16-13(15)10(2)9-17-12-6-4-11(8-14)5-7-12/h4-7,10H,3,8-9,14H2,1-2H3. The van der Waals surface area contributed by atoms with Gasteiger partial charge in [-0.1, -0.05) is 12.1 Å². The molecule has 0 bridgehead atoms. The van der Waals surface area contributed by atoms with Crippen LogP contribution in [-0.2, 0) is 16.1 Å². The van der Waals surface area contributed by atoms with Gasteiger partial charge in [-0.25, -0.2) is 0 Å². The minimum atomic E-state index is -0.260. The van der Waals surface area contributed by atoms with Crippen molar-refractivity contribution < 1.29 is 14.3 Å². The minimum absolute atomic E-state index is 0.230. The highest BCUT2D eigenvalue weighted by Crippen LogP contribution is 2.13. The fourth-order valence-electron chi connectivity index (χ4n) is 1.30. The van der Waals surface area contributed by atoms with Crippen molar-refractivity contribution >= 4 is 5.97 Å². The molecule has 0 saturated carbocycles. The quantitative estimate of drug-likeness (QED) is 0.765. The number of benzene rings is 1. The number of carbonyl (C=O) groups is 1. The lowest BCUT2D eigenvalue weighted by atomic mass is 10.2. The van der Waals surface area contributed by atoms with Crippen LogP contribution in [0.2, 0.25) is 0 Å². The lowest BCUT2D eigenvalue weighted by molar-refractivity contribution is -0.148. The first kappa shape index (κ1) is 13.5. The van der Waals surface area contributed by atoms with Gasteiger partial charge in [0.15, 0.2) is 0 Å². The highest BCUT2D eigenvalue weighted by atomic mass is 16.5. The Labute approximate surface area is 102 Å². The molecule has 2 N–H and O–H groups in total. The van der Waals surface area contributed by atoms with Gasteiger partial charge >= 0.3 is 5.97 Å². The Kier molecular flexibility index (Phi) is 5.49. The molecule has 4 nitrogen and oxygen atoms in total. The summed E-state index contributed by atoms with van der Waals surface area (Å²) in [5.41, 5.74) is 6.54. The first-order valence-corrected chi connectivity index (χ1v) is 5.75. The zero-order valence-electron chi connectivity index (χ0n) is 10.3. The number of carbonyl (C=O) groups excluding carboxylic acids is 1. The molecular weight excluding hydrogens is 218 g/mol. The third-order valence-electron chi connectivity index (χ3n) is 2.35. The maximum Gasteiger partial charge on any atom is 0.312 e. The summed E-state index contributed by atoms with van der Waals surface area (Å²) in [6.07, 6.45) is 0. The van der Waals surface area contributed by atoms with Gasteiger partial charge < -0.3 is 15.2 Å². The second-order valence-corrected chi connectivity index (χ2v) is 3.81. The van der Waals surface area contributed by atoms with Crippen LogP contribution in [0.5, 0.6) is 5.75 Å². The van der Waals surface area contributed by atoms with Gasteiger partial charge in [0.1, 0.15) is 12.4 Å². The molecule has 0 aliphatic rings. The molecule has 0 spiro atoms. The van der Waals surface area contributed by atoms with Crippen LogP contribution >= 0.6 is 0 Å². The third-order valence-corrected chi connectivity index (χ3v) is 2.35. The maximum absolute atomic E-state index is 11.3. The number of ether oxygens (including phenoxy) is 2. The first-order chi connectivity index (χ1) is 8.17. The van der Waals surface area contributed by atoms with Gasteiger partial charge in [0.05, 0.1) is 12.5 Å². The van der Waals surface area contributed by atoms with Crippen LogP contribution in [-0.4, -0.2) is 19.2 Å². The summed E-state index contributed by atoms with van der Waals surface area (Å²) in [4.78, 5) is 11.3. The van der Waals surface area contributed by atoms with E-state index in [1.54, 1.807) is 13.8 Å². The fourth-order valence-corrected chi connectivity index (χ4v) is 1.30. The van der Waals surface area contributed by atoms with Crippen LogP contribution in [0.3, 0.4) is 0 Å². The average molecular weight is 237 g/mol. The molecule has 0 amide bonds. The highest BCUT2D eigenvalue weighted by molar-refractivity contribution is 5.72. The van der Waals surface area contributed by atoms with Gasteiger partial charge in [-0.15, -0.1) is 0 Å². The van der Waals surface area contributed by atoms with Crippen molar-refractivity contribution in [1.29, 1.82) is 0 Å². The molecule has 1 atom stereocenters. The van der Waals surface area contributed by atoms with E-state index in [1.807, 2.05) is 24.3 Å². The van der Waals surface area contributed by atoms with Crippen LogP contribution in [0.4, 0.5) is 0 Å². The summed E-state index contributed by atoms with van der Waals surface area (Å²) in [5, 5.41) is 0. The summed E-state index contributed by atoms with van der Waals surface area (Å²) >= 11 is 0. The molecular formula is C13H19NO3. The molecule has 1 aromatic carbocycles. The molecule has 4 heteroatoms. The first-order valence-electron chi connectivity index (χ1n) is 5.75. The monoisotopic (exact) mass is 237 g/mol. The van der Waals surface area contributed by atoms with Crippen molar-refractivity contribution in [3.8, 4) is 5.75 Å². The van der Waals surface area contributed by atoms with Gasteiger partial charge in [-0.05, 0) is 31.5 Å². The van der Waals surface area contributed by atoms with E-state index in [0.29, 0.717) is 19.8 Å². The molecule has 0 aliphatic carbocycles. The summed E-state index contributed by atoms with van der Waals surface area (Å²) in [6, 6.07) is 7.51. The fraction of sp³-hybridized carbons (Fsp3) is 0.462. The Hall–Kier alpha value is -1.55. The smallest absolute Gasteiger partial charge is 0.312 e. The number of nitrogens with two attached hydrogens (primary N) is 1. The average Bonchev–Trinajstić information content (AvgIpc) is 2.36. The van der Waals surface area contributed by atoms with Gasteiger partial charge in [0, 0.05) is 6.54 Å². The lowest BCUT2D eigenvalue weighted by Gasteiger charge is -2.12. The number of hydrogen-bond donors (Lipinski definition) is 1. The predicted molar refractivity (Wildman–Crippen MR) is 65.6 cm³/mol. The molecule has 0 aromatic heterocycles. The number of rotatable bonds is 6. The Morgan fingerprint density at radius 1 is 1.35 bits per heavy atom. The van der Waals surface area contributed by atoms with Crippen molar-refractivity contribution in [3.63, 3.8) is 0 Å². The van der Waals surface area contributed by atoms with Crippen LogP contribution < -0.4 is 10.5 Å². The third kappa shape index (κ3) is 4.44. The zero-order chi connectivity index (χ0) is 12.7. The predicted octanol–water partition coefficient (Wildman–Crippen LogP) is 1.72. The summed E-state index contributed by atoms with van der Waals surface area (Å²) < 4.78 is 10.4. The number of hydrogen-bond acceptors (Lipinski definition) is 4. The maximum atomic E-state index is 11.3. The van der Waals surface area contributed by atoms with Gasteiger partial charge in [0.25, 0.3) is 0 Å². The molecule has 0 radical (unpaired) electrons. The summed E-state index contributed by atoms with van der Waals surface area (Å²) in [5.74, 6) is 0.244. The van der Waals surface area contributed by atoms with Crippen molar-refractivity contribution in [2.75, 3.05) is 13.2 Å². The molecule has 0 fully saturated rings. The molecule has 0 heterocycles. The lowest BCUT2D eigenvalue weighted by Crippen LogP contribution is -2.21. The van der Waals surface area contributed by atoms with Gasteiger partial charge in [0.2, 0.25) is 0 Å². The minimum Gasteiger partial charge on any atom is -0.493 e. The Morgan fingerprint density at radius 2 is 2.00 bits per heavy atom. The van der Waals surface area contributed by atoms with Crippen molar-refractivity contribution in [2.45, 2.75) is 20.4 Å². The van der Waals surface area contributed by atoms with E-state index in [4.69, 9.17) is 15.2 Å².